The van der Waals surface area contributed by atoms with Crippen molar-refractivity contribution in [1.29, 1.82) is 0 Å². The van der Waals surface area contributed by atoms with Crippen LogP contribution in [0.3, 0.4) is 0 Å². The van der Waals surface area contributed by atoms with E-state index in [4.69, 9.17) is 5.11 Å². The van der Waals surface area contributed by atoms with Gasteiger partial charge in [0.25, 0.3) is 0 Å². The molecule has 220 valence electrons. The molecule has 3 fully saturated rings. The van der Waals surface area contributed by atoms with Gasteiger partial charge in [-0.1, -0.05) is 98.1 Å². The molecule has 4 aliphatic rings. The van der Waals surface area contributed by atoms with Crippen LogP contribution in [-0.4, -0.2) is 22.3 Å². The van der Waals surface area contributed by atoms with E-state index in [0.29, 0.717) is 17.3 Å². The SMILES string of the molecule is CC(C)CCCC(C)[C@H]1CC[C@H]2[C@@H]3CC=C4C[C@@H](O)CC[C@]4(C)[C@H]3CC[C@]12C.CCCCCCCC(=O)O. The van der Waals surface area contributed by atoms with Crippen LogP contribution in [0, 0.1) is 46.3 Å². The number of unbranched alkanes of at least 4 members (excludes halogenated alkanes) is 4. The normalized spacial score (nSPS) is 36.8. The highest BCUT2D eigenvalue weighted by Crippen LogP contribution is 2.67. The molecule has 3 heteroatoms. The van der Waals surface area contributed by atoms with Crippen LogP contribution in [0.2, 0.25) is 0 Å². The van der Waals surface area contributed by atoms with Gasteiger partial charge in [0.15, 0.2) is 0 Å². The second-order valence-electron chi connectivity index (χ2n) is 14.7. The summed E-state index contributed by atoms with van der Waals surface area (Å²) >= 11 is 0. The molecular weight excluding hydrogens is 468 g/mol. The Morgan fingerprint density at radius 1 is 0.947 bits per heavy atom. The van der Waals surface area contributed by atoms with Crippen molar-refractivity contribution >= 4 is 5.97 Å². The molecule has 0 aromatic carbocycles. The predicted octanol–water partition coefficient (Wildman–Crippen LogP) is 9.82. The van der Waals surface area contributed by atoms with Gasteiger partial charge in [-0.15, -0.1) is 0 Å². The highest BCUT2D eigenvalue weighted by atomic mass is 16.4. The van der Waals surface area contributed by atoms with Crippen molar-refractivity contribution in [2.75, 3.05) is 0 Å². The third-order valence-electron chi connectivity index (χ3n) is 11.8. The average Bonchev–Trinajstić information content (AvgIpc) is 3.21. The summed E-state index contributed by atoms with van der Waals surface area (Å²) in [6, 6.07) is 0. The van der Waals surface area contributed by atoms with Crippen LogP contribution in [0.1, 0.15) is 151 Å². The third kappa shape index (κ3) is 7.46. The lowest BCUT2D eigenvalue weighted by molar-refractivity contribution is -0.137. The molecule has 0 aliphatic heterocycles. The highest BCUT2D eigenvalue weighted by Gasteiger charge is 2.59. The summed E-state index contributed by atoms with van der Waals surface area (Å²) < 4.78 is 0. The van der Waals surface area contributed by atoms with E-state index in [9.17, 15) is 9.90 Å². The van der Waals surface area contributed by atoms with Gasteiger partial charge >= 0.3 is 5.97 Å². The molecule has 0 amide bonds. The van der Waals surface area contributed by atoms with Gasteiger partial charge in [0.2, 0.25) is 0 Å². The Morgan fingerprint density at radius 3 is 2.37 bits per heavy atom. The molecule has 8 atom stereocenters. The number of carboxylic acids is 1. The van der Waals surface area contributed by atoms with Crippen LogP contribution < -0.4 is 0 Å². The zero-order valence-electron chi connectivity index (χ0n) is 25.9. The number of carboxylic acid groups (broad SMARTS) is 1. The monoisotopic (exact) mass is 530 g/mol. The number of carbonyl (C=O) groups is 1. The summed E-state index contributed by atoms with van der Waals surface area (Å²) in [6.07, 6.45) is 23.0. The van der Waals surface area contributed by atoms with E-state index >= 15 is 0 Å². The molecule has 2 N–H and O–H groups in total. The Kier molecular flexibility index (Phi) is 11.8. The Balaban J connectivity index is 0.000000342. The van der Waals surface area contributed by atoms with Gasteiger partial charge < -0.3 is 10.2 Å². The number of hydrogen-bond acceptors (Lipinski definition) is 2. The number of fused-ring (bicyclic) bond motifs is 5. The van der Waals surface area contributed by atoms with Crippen LogP contribution >= 0.6 is 0 Å². The summed E-state index contributed by atoms with van der Waals surface area (Å²) in [5.41, 5.74) is 2.60. The lowest BCUT2D eigenvalue weighted by atomic mass is 9.47. The van der Waals surface area contributed by atoms with Crippen LogP contribution in [-0.2, 0) is 4.79 Å². The van der Waals surface area contributed by atoms with Crippen molar-refractivity contribution in [2.24, 2.45) is 46.3 Å². The minimum Gasteiger partial charge on any atom is -0.481 e. The molecule has 3 nitrogen and oxygen atoms in total. The molecule has 0 saturated heterocycles. The van der Waals surface area contributed by atoms with Gasteiger partial charge in [-0.25, -0.2) is 0 Å². The van der Waals surface area contributed by atoms with Crippen LogP contribution in [0.5, 0.6) is 0 Å². The van der Waals surface area contributed by atoms with E-state index in [2.05, 4.69) is 47.6 Å². The highest BCUT2D eigenvalue weighted by molar-refractivity contribution is 5.66. The lowest BCUT2D eigenvalue weighted by Crippen LogP contribution is -2.50. The molecular formula is C35H62O3. The molecule has 0 bridgehead atoms. The second kappa shape index (κ2) is 14.2. The fourth-order valence-electron chi connectivity index (χ4n) is 9.55. The van der Waals surface area contributed by atoms with Crippen molar-refractivity contribution < 1.29 is 15.0 Å². The molecule has 3 saturated carbocycles. The van der Waals surface area contributed by atoms with Crippen molar-refractivity contribution in [2.45, 2.75) is 157 Å². The maximum Gasteiger partial charge on any atom is 0.303 e. The van der Waals surface area contributed by atoms with Gasteiger partial charge in [-0.2, -0.15) is 0 Å². The molecule has 1 unspecified atom stereocenters. The molecule has 0 spiro atoms. The van der Waals surface area contributed by atoms with Gasteiger partial charge in [0.05, 0.1) is 6.10 Å². The quantitative estimate of drug-likeness (QED) is 0.206. The number of aliphatic hydroxyl groups excluding tert-OH is 1. The Bertz CT molecular complexity index is 771. The minimum absolute atomic E-state index is 0.0766. The summed E-state index contributed by atoms with van der Waals surface area (Å²) in [5, 5.41) is 18.5. The van der Waals surface area contributed by atoms with Crippen molar-refractivity contribution in [3.63, 3.8) is 0 Å². The molecule has 0 radical (unpaired) electrons. The first-order valence-corrected chi connectivity index (χ1v) is 16.6. The average molecular weight is 531 g/mol. The predicted molar refractivity (Wildman–Crippen MR) is 160 cm³/mol. The maximum atomic E-state index is 10.2. The maximum absolute atomic E-state index is 10.2. The van der Waals surface area contributed by atoms with E-state index in [1.807, 2.05) is 0 Å². The van der Waals surface area contributed by atoms with Crippen molar-refractivity contribution in [3.05, 3.63) is 11.6 Å². The van der Waals surface area contributed by atoms with Crippen LogP contribution in [0.25, 0.3) is 0 Å². The lowest BCUT2D eigenvalue weighted by Gasteiger charge is -2.58. The third-order valence-corrected chi connectivity index (χ3v) is 11.8. The van der Waals surface area contributed by atoms with E-state index in [0.717, 1.165) is 61.2 Å². The Labute approximate surface area is 235 Å². The minimum atomic E-state index is -0.670. The summed E-state index contributed by atoms with van der Waals surface area (Å²) in [6.45, 7) is 14.7. The van der Waals surface area contributed by atoms with E-state index in [-0.39, 0.29) is 6.10 Å². The smallest absolute Gasteiger partial charge is 0.303 e. The summed E-state index contributed by atoms with van der Waals surface area (Å²) in [5.74, 6) is 4.79. The summed E-state index contributed by atoms with van der Waals surface area (Å²) in [4.78, 5) is 10.0. The molecule has 0 aromatic heterocycles. The van der Waals surface area contributed by atoms with Gasteiger partial charge in [-0.05, 0) is 104 Å². The van der Waals surface area contributed by atoms with E-state index < -0.39 is 5.97 Å². The van der Waals surface area contributed by atoms with Gasteiger partial charge in [0, 0.05) is 6.42 Å². The fourth-order valence-corrected chi connectivity index (χ4v) is 9.55. The first kappa shape index (κ1) is 31.7. The second-order valence-corrected chi connectivity index (χ2v) is 14.7. The summed E-state index contributed by atoms with van der Waals surface area (Å²) in [7, 11) is 0. The molecule has 0 aromatic rings. The Morgan fingerprint density at radius 2 is 1.68 bits per heavy atom. The zero-order chi connectivity index (χ0) is 27.9. The van der Waals surface area contributed by atoms with Gasteiger partial charge in [-0.3, -0.25) is 4.79 Å². The number of aliphatic hydroxyl groups is 1. The van der Waals surface area contributed by atoms with E-state index in [1.54, 1.807) is 5.57 Å². The van der Waals surface area contributed by atoms with Gasteiger partial charge in [0.1, 0.15) is 0 Å². The Hall–Kier alpha value is -0.830. The first-order chi connectivity index (χ1) is 18.0. The fraction of sp³-hybridized carbons (Fsp3) is 0.914. The number of aliphatic carboxylic acids is 1. The molecule has 0 heterocycles. The molecule has 4 aliphatic carbocycles. The largest absolute Gasteiger partial charge is 0.481 e. The molecule has 38 heavy (non-hydrogen) atoms. The van der Waals surface area contributed by atoms with Crippen LogP contribution in [0.4, 0.5) is 0 Å². The van der Waals surface area contributed by atoms with Crippen molar-refractivity contribution in [1.82, 2.24) is 0 Å². The molecule has 4 rings (SSSR count). The first-order valence-electron chi connectivity index (χ1n) is 16.6. The standard InChI is InChI=1S/C27H46O.C8H16O2/c1-18(2)7-6-8-19(3)23-11-12-24-22-10-9-20-17-21(28)13-15-26(20,4)25(22)14-16-27(23,24)5;1-2-3-4-5-6-7-8(9)10/h9,18-19,21-25,28H,6-8,10-17H2,1-5H3;2-7H2,1H3,(H,9,10)/t19?,21-,22-,23+,24-,25-,26-,27+;/m0./s1. The van der Waals surface area contributed by atoms with Crippen LogP contribution in [0.15, 0.2) is 11.6 Å². The number of hydrogen-bond donors (Lipinski definition) is 2. The topological polar surface area (TPSA) is 57.5 Å². The number of allylic oxidation sites excluding steroid dienone is 1. The van der Waals surface area contributed by atoms with E-state index in [1.165, 1.54) is 77.0 Å². The zero-order valence-corrected chi connectivity index (χ0v) is 25.9. The number of rotatable bonds is 11. The van der Waals surface area contributed by atoms with Crippen molar-refractivity contribution in [3.8, 4) is 0 Å².